The van der Waals surface area contributed by atoms with Crippen LogP contribution in [0.3, 0.4) is 0 Å². The summed E-state index contributed by atoms with van der Waals surface area (Å²) in [7, 11) is 1.64. The fourth-order valence-corrected chi connectivity index (χ4v) is 9.51. The lowest BCUT2D eigenvalue weighted by molar-refractivity contribution is 0.107. The molecule has 0 aliphatic carbocycles. The van der Waals surface area contributed by atoms with Crippen molar-refractivity contribution < 1.29 is 27.4 Å². The molecule has 0 amide bonds. The fraction of sp³-hybridized carbons (Fsp3) is 0.485. The van der Waals surface area contributed by atoms with Gasteiger partial charge >= 0.3 is 6.01 Å². The van der Waals surface area contributed by atoms with Crippen molar-refractivity contribution in [2.75, 3.05) is 50.7 Å². The molecule has 0 spiro atoms. The van der Waals surface area contributed by atoms with Crippen molar-refractivity contribution in [1.29, 1.82) is 5.26 Å². The highest BCUT2D eigenvalue weighted by molar-refractivity contribution is 7.23. The average molecular weight is 685 g/mol. The number of aromatic nitrogens is 2. The molecular weight excluding hydrogens is 653 g/mol. The topological polar surface area (TPSA) is 110 Å². The molecule has 2 N–H and O–H groups in total. The predicted molar refractivity (Wildman–Crippen MR) is 174 cm³/mol. The number of ether oxygens (including phenoxy) is 3. The number of anilines is 2. The van der Waals surface area contributed by atoms with Crippen molar-refractivity contribution in [2.45, 2.75) is 62.3 Å². The summed E-state index contributed by atoms with van der Waals surface area (Å²) in [6.45, 7) is 1.98. The highest BCUT2D eigenvalue weighted by Crippen LogP contribution is 2.52. The van der Waals surface area contributed by atoms with Crippen LogP contribution in [0.5, 0.6) is 11.8 Å². The highest BCUT2D eigenvalue weighted by atomic mass is 35.5. The molecule has 3 unspecified atom stereocenters. The molecule has 4 aliphatic rings. The summed E-state index contributed by atoms with van der Waals surface area (Å²) in [5.41, 5.74) is 5.69. The van der Waals surface area contributed by atoms with E-state index in [1.807, 2.05) is 6.07 Å². The molecule has 0 radical (unpaired) electrons. The summed E-state index contributed by atoms with van der Waals surface area (Å²) in [6, 6.07) is 4.40. The Hall–Kier alpha value is -3.57. The lowest BCUT2D eigenvalue weighted by Gasteiger charge is -2.41. The van der Waals surface area contributed by atoms with E-state index in [4.69, 9.17) is 36.5 Å². The summed E-state index contributed by atoms with van der Waals surface area (Å²) in [5.74, 6) is -0.760. The van der Waals surface area contributed by atoms with E-state index in [9.17, 15) is 14.0 Å². The zero-order valence-electron chi connectivity index (χ0n) is 25.6. The first-order chi connectivity index (χ1) is 22.7. The third-order valence-electron chi connectivity index (χ3n) is 10.3. The number of nitriles is 1. The number of alkyl halides is 1. The predicted octanol–water partition coefficient (Wildman–Crippen LogP) is 6.62. The van der Waals surface area contributed by atoms with Crippen molar-refractivity contribution in [3.8, 4) is 29.0 Å². The van der Waals surface area contributed by atoms with Crippen molar-refractivity contribution in [3.05, 3.63) is 34.4 Å². The number of rotatable bonds is 6. The summed E-state index contributed by atoms with van der Waals surface area (Å²) < 4.78 is 65.2. The molecule has 4 atom stereocenters. The minimum Gasteiger partial charge on any atom is -0.489 e. The first kappa shape index (κ1) is 30.7. The number of fused-ring (bicyclic) bond motifs is 4. The lowest BCUT2D eigenvalue weighted by Crippen LogP contribution is -2.51. The van der Waals surface area contributed by atoms with E-state index in [0.717, 1.165) is 50.0 Å². The van der Waals surface area contributed by atoms with Crippen LogP contribution in [-0.2, 0) is 4.74 Å². The van der Waals surface area contributed by atoms with E-state index in [2.05, 4.69) is 14.8 Å². The fourth-order valence-electron chi connectivity index (χ4n) is 8.23. The lowest BCUT2D eigenvalue weighted by atomic mass is 9.94. The maximum absolute atomic E-state index is 17.2. The molecule has 6 heterocycles. The number of halogens is 4. The Morgan fingerprint density at radius 2 is 2.09 bits per heavy atom. The van der Waals surface area contributed by atoms with Gasteiger partial charge in [0.05, 0.1) is 44.9 Å². The van der Waals surface area contributed by atoms with Gasteiger partial charge < -0.3 is 24.8 Å². The number of methoxy groups -OCH3 is 1. The molecule has 14 heteroatoms. The third kappa shape index (κ3) is 4.70. The van der Waals surface area contributed by atoms with E-state index in [0.29, 0.717) is 30.8 Å². The van der Waals surface area contributed by atoms with Crippen molar-refractivity contribution >= 4 is 54.7 Å². The molecule has 0 bridgehead atoms. The van der Waals surface area contributed by atoms with Crippen LogP contribution in [0.25, 0.3) is 32.1 Å². The zero-order valence-corrected chi connectivity index (χ0v) is 27.2. The molecule has 4 aliphatic heterocycles. The van der Waals surface area contributed by atoms with Crippen LogP contribution in [0, 0.1) is 23.0 Å². The molecule has 3 saturated heterocycles. The molecular formula is C33H32ClF3N6O3S. The van der Waals surface area contributed by atoms with Crippen LogP contribution < -0.4 is 20.1 Å². The standard InChI is InChI=1S/C33H32ClF3N6O3S/c1-44-13-17-4-2-5-18-14-45-28-24-27(26(37)23(25(28)34)19-6-7-21(36)29-22(19)20(11-38)30(39)47-29)40-32(41-31(24)43(17)18)46-15-33-8-3-9-42(33)12-16(35)10-33/h6-7,16-18H,2-5,8-10,12-15,39H2,1H3/t16-,17?,18?,33?/m1/s1. The van der Waals surface area contributed by atoms with Crippen LogP contribution in [0.15, 0.2) is 12.1 Å². The van der Waals surface area contributed by atoms with Crippen LogP contribution in [-0.4, -0.2) is 78.7 Å². The number of nitrogens with zero attached hydrogens (tertiary/aromatic N) is 5. The summed E-state index contributed by atoms with van der Waals surface area (Å²) in [4.78, 5) is 13.8. The normalized spacial score (nSPS) is 25.4. The highest BCUT2D eigenvalue weighted by Gasteiger charge is 2.49. The second-order valence-corrected chi connectivity index (χ2v) is 14.3. The van der Waals surface area contributed by atoms with Gasteiger partial charge in [-0.05, 0) is 50.3 Å². The number of benzene rings is 2. The van der Waals surface area contributed by atoms with Crippen molar-refractivity contribution in [2.24, 2.45) is 0 Å². The van der Waals surface area contributed by atoms with Gasteiger partial charge in [0.2, 0.25) is 0 Å². The first-order valence-corrected chi connectivity index (χ1v) is 17.0. The van der Waals surface area contributed by atoms with Gasteiger partial charge in [-0.2, -0.15) is 15.2 Å². The number of nitrogen functional groups attached to an aromatic ring is 1. The number of nitrogens with two attached hydrogens (primary N) is 1. The number of piperidine rings is 1. The number of hydrogen-bond acceptors (Lipinski definition) is 10. The van der Waals surface area contributed by atoms with E-state index in [1.165, 1.54) is 12.1 Å². The van der Waals surface area contributed by atoms with E-state index >= 15 is 4.39 Å². The van der Waals surface area contributed by atoms with E-state index in [-0.39, 0.29) is 79.4 Å². The van der Waals surface area contributed by atoms with Gasteiger partial charge in [-0.15, -0.1) is 11.3 Å². The Kier molecular flexibility index (Phi) is 7.55. The minimum atomic E-state index is -0.941. The quantitative estimate of drug-likeness (QED) is 0.240. The molecule has 0 saturated carbocycles. The second kappa shape index (κ2) is 11.5. The van der Waals surface area contributed by atoms with Gasteiger partial charge in [-0.1, -0.05) is 17.7 Å². The SMILES string of the molecule is COCC1CCCC2COc3c(Cl)c(-c4ccc(F)c5sc(N)c(C#N)c45)c(F)c4nc(OCC56CCCN5C[C@H](F)C6)nc(c34)N12. The summed E-state index contributed by atoms with van der Waals surface area (Å²) >= 11 is 7.98. The van der Waals surface area contributed by atoms with E-state index < -0.39 is 23.3 Å². The maximum atomic E-state index is 17.2. The second-order valence-electron chi connectivity index (χ2n) is 12.9. The van der Waals surface area contributed by atoms with Crippen molar-refractivity contribution in [3.63, 3.8) is 0 Å². The molecule has 2 aromatic carbocycles. The Bertz CT molecular complexity index is 1970. The van der Waals surface area contributed by atoms with Gasteiger partial charge in [0.1, 0.15) is 47.6 Å². The Morgan fingerprint density at radius 3 is 2.89 bits per heavy atom. The van der Waals surface area contributed by atoms with Crippen molar-refractivity contribution in [1.82, 2.24) is 14.9 Å². The van der Waals surface area contributed by atoms with Gasteiger partial charge in [0, 0.05) is 31.0 Å². The number of hydrogen-bond donors (Lipinski definition) is 1. The minimum absolute atomic E-state index is 0.0388. The Morgan fingerprint density at radius 1 is 1.23 bits per heavy atom. The third-order valence-corrected chi connectivity index (χ3v) is 11.6. The van der Waals surface area contributed by atoms with Gasteiger partial charge in [-0.25, -0.2) is 13.2 Å². The molecule has 246 valence electrons. The maximum Gasteiger partial charge on any atom is 0.319 e. The van der Waals surface area contributed by atoms with Gasteiger partial charge in [0.25, 0.3) is 0 Å². The van der Waals surface area contributed by atoms with Crippen LogP contribution >= 0.6 is 22.9 Å². The molecule has 9 nitrogen and oxygen atoms in total. The Balaban J connectivity index is 1.36. The molecule has 3 fully saturated rings. The molecule has 47 heavy (non-hydrogen) atoms. The zero-order chi connectivity index (χ0) is 32.6. The first-order valence-electron chi connectivity index (χ1n) is 15.8. The average Bonchev–Trinajstić information content (AvgIpc) is 3.66. The van der Waals surface area contributed by atoms with Crippen LogP contribution in [0.2, 0.25) is 5.02 Å². The van der Waals surface area contributed by atoms with Crippen LogP contribution in [0.4, 0.5) is 24.0 Å². The monoisotopic (exact) mass is 684 g/mol. The van der Waals surface area contributed by atoms with Gasteiger partial charge in [0.15, 0.2) is 11.6 Å². The molecule has 2 aromatic heterocycles. The van der Waals surface area contributed by atoms with E-state index in [1.54, 1.807) is 7.11 Å². The molecule has 8 rings (SSSR count). The van der Waals surface area contributed by atoms with Crippen LogP contribution in [0.1, 0.15) is 44.1 Å². The number of thiophene rings is 1. The van der Waals surface area contributed by atoms with Gasteiger partial charge in [-0.3, -0.25) is 4.90 Å². The largest absolute Gasteiger partial charge is 0.489 e. The molecule has 4 aromatic rings. The smallest absolute Gasteiger partial charge is 0.319 e. The summed E-state index contributed by atoms with van der Waals surface area (Å²) in [5, 5.41) is 10.5. The summed E-state index contributed by atoms with van der Waals surface area (Å²) in [6.07, 6.45) is 3.71. The Labute approximate surface area is 278 Å².